The van der Waals surface area contributed by atoms with Gasteiger partial charge in [0.25, 0.3) is 5.95 Å². The quantitative estimate of drug-likeness (QED) is 0.769. The van der Waals surface area contributed by atoms with Gasteiger partial charge in [-0.15, -0.1) is 0 Å². The lowest BCUT2D eigenvalue weighted by molar-refractivity contribution is -0.137. The molecule has 1 N–H and O–H groups in total. The molecule has 1 aliphatic rings. The molecule has 1 aliphatic heterocycles. The van der Waals surface area contributed by atoms with E-state index in [0.717, 1.165) is 13.1 Å². The van der Waals surface area contributed by atoms with Gasteiger partial charge in [-0.2, -0.15) is 4.98 Å². The van der Waals surface area contributed by atoms with Crippen LogP contribution in [0.4, 0.5) is 5.95 Å². The number of aromatic nitrogens is 2. The first kappa shape index (κ1) is 10.9. The summed E-state index contributed by atoms with van der Waals surface area (Å²) >= 11 is 0. The van der Waals surface area contributed by atoms with Gasteiger partial charge >= 0.3 is 5.97 Å². The smallest absolute Gasteiger partial charge is 0.303 e. The van der Waals surface area contributed by atoms with E-state index >= 15 is 0 Å². The van der Waals surface area contributed by atoms with Crippen molar-refractivity contribution in [3.05, 3.63) is 5.89 Å². The second kappa shape index (κ2) is 4.93. The van der Waals surface area contributed by atoms with Crippen LogP contribution in [0.2, 0.25) is 0 Å². The van der Waals surface area contributed by atoms with Crippen LogP contribution in [0, 0.1) is 0 Å². The second-order valence-corrected chi connectivity index (χ2v) is 3.48. The highest BCUT2D eigenvalue weighted by molar-refractivity contribution is 5.66. The van der Waals surface area contributed by atoms with Crippen molar-refractivity contribution >= 4 is 11.9 Å². The van der Waals surface area contributed by atoms with Crippen LogP contribution in [0.15, 0.2) is 4.52 Å². The van der Waals surface area contributed by atoms with Crippen molar-refractivity contribution in [1.29, 1.82) is 0 Å². The van der Waals surface area contributed by atoms with E-state index < -0.39 is 5.97 Å². The highest BCUT2D eigenvalue weighted by Crippen LogP contribution is 2.11. The van der Waals surface area contributed by atoms with Crippen molar-refractivity contribution in [2.75, 3.05) is 31.2 Å². The number of carboxylic acid groups (broad SMARTS) is 1. The molecule has 0 bridgehead atoms. The molecule has 0 atom stereocenters. The lowest BCUT2D eigenvalue weighted by atomic mass is 10.3. The number of nitrogens with zero attached hydrogens (tertiary/aromatic N) is 3. The zero-order valence-corrected chi connectivity index (χ0v) is 8.76. The molecule has 16 heavy (non-hydrogen) atoms. The molecule has 1 fully saturated rings. The van der Waals surface area contributed by atoms with Crippen LogP contribution in [-0.2, 0) is 16.0 Å². The van der Waals surface area contributed by atoms with Crippen molar-refractivity contribution in [3.63, 3.8) is 0 Å². The molecule has 7 heteroatoms. The summed E-state index contributed by atoms with van der Waals surface area (Å²) in [5.74, 6) is 0.0127. The molecule has 0 aliphatic carbocycles. The number of hydrogen-bond acceptors (Lipinski definition) is 6. The molecule has 2 rings (SSSR count). The Bertz CT molecular complexity index is 359. The fourth-order valence-corrected chi connectivity index (χ4v) is 1.45. The summed E-state index contributed by atoms with van der Waals surface area (Å²) in [6.45, 7) is 2.77. The summed E-state index contributed by atoms with van der Waals surface area (Å²) < 4.78 is 10.2. The Hall–Kier alpha value is -1.63. The molecule has 0 amide bonds. The predicted molar refractivity (Wildman–Crippen MR) is 53.3 cm³/mol. The maximum absolute atomic E-state index is 10.4. The molecule has 88 valence electrons. The van der Waals surface area contributed by atoms with Gasteiger partial charge in [0.15, 0.2) is 0 Å². The third-order valence-electron chi connectivity index (χ3n) is 2.30. The standard InChI is InChI=1S/C9H13N3O4/c13-8(14)2-1-7-10-9(11-16-7)12-3-5-15-6-4-12/h1-6H2,(H,13,14). The van der Waals surface area contributed by atoms with Crippen molar-refractivity contribution in [3.8, 4) is 0 Å². The highest BCUT2D eigenvalue weighted by atomic mass is 16.5. The minimum absolute atomic E-state index is 0.00471. The third-order valence-corrected chi connectivity index (χ3v) is 2.30. The van der Waals surface area contributed by atoms with E-state index in [2.05, 4.69) is 10.1 Å². The Balaban J connectivity index is 1.93. The van der Waals surface area contributed by atoms with E-state index in [0.29, 0.717) is 25.1 Å². The molecular weight excluding hydrogens is 214 g/mol. The van der Waals surface area contributed by atoms with Crippen LogP contribution in [0.3, 0.4) is 0 Å². The van der Waals surface area contributed by atoms with Crippen LogP contribution in [0.1, 0.15) is 12.3 Å². The van der Waals surface area contributed by atoms with Crippen LogP contribution < -0.4 is 4.90 Å². The Morgan fingerprint density at radius 1 is 1.44 bits per heavy atom. The highest BCUT2D eigenvalue weighted by Gasteiger charge is 2.17. The largest absolute Gasteiger partial charge is 0.481 e. The minimum Gasteiger partial charge on any atom is -0.481 e. The molecule has 7 nitrogen and oxygen atoms in total. The maximum atomic E-state index is 10.4. The Kier molecular flexibility index (Phi) is 3.35. The van der Waals surface area contributed by atoms with E-state index in [1.807, 2.05) is 4.90 Å². The monoisotopic (exact) mass is 227 g/mol. The molecule has 0 unspecified atom stereocenters. The third kappa shape index (κ3) is 2.69. The van der Waals surface area contributed by atoms with Crippen molar-refractivity contribution in [1.82, 2.24) is 10.1 Å². The van der Waals surface area contributed by atoms with Crippen molar-refractivity contribution in [2.45, 2.75) is 12.8 Å². The lowest BCUT2D eigenvalue weighted by Gasteiger charge is -2.24. The molecule has 0 saturated carbocycles. The normalized spacial score (nSPS) is 16.4. The lowest BCUT2D eigenvalue weighted by Crippen LogP contribution is -2.36. The van der Waals surface area contributed by atoms with Gasteiger partial charge in [0.2, 0.25) is 5.89 Å². The van der Waals surface area contributed by atoms with Gasteiger partial charge < -0.3 is 19.3 Å². The Morgan fingerprint density at radius 2 is 2.19 bits per heavy atom. The molecule has 0 spiro atoms. The van der Waals surface area contributed by atoms with E-state index in [-0.39, 0.29) is 12.8 Å². The summed E-state index contributed by atoms with van der Waals surface area (Å²) in [5, 5.41) is 12.3. The van der Waals surface area contributed by atoms with Gasteiger partial charge in [-0.05, 0) is 5.16 Å². The molecule has 1 aromatic heterocycles. The molecule has 0 radical (unpaired) electrons. The van der Waals surface area contributed by atoms with Gasteiger partial charge in [0, 0.05) is 19.5 Å². The SMILES string of the molecule is O=C(O)CCc1nc(N2CCOCC2)no1. The van der Waals surface area contributed by atoms with Crippen LogP contribution in [0.25, 0.3) is 0 Å². The number of ether oxygens (including phenoxy) is 1. The first-order valence-corrected chi connectivity index (χ1v) is 5.13. The molecule has 2 heterocycles. The van der Waals surface area contributed by atoms with Gasteiger partial charge in [-0.25, -0.2) is 0 Å². The van der Waals surface area contributed by atoms with Crippen LogP contribution in [-0.4, -0.2) is 47.5 Å². The Labute approximate surface area is 92.0 Å². The van der Waals surface area contributed by atoms with Gasteiger partial charge in [0.05, 0.1) is 19.6 Å². The van der Waals surface area contributed by atoms with E-state index in [4.69, 9.17) is 14.4 Å². The fraction of sp³-hybridized carbons (Fsp3) is 0.667. The first-order valence-electron chi connectivity index (χ1n) is 5.13. The number of aliphatic carboxylic acids is 1. The zero-order chi connectivity index (χ0) is 11.4. The van der Waals surface area contributed by atoms with Gasteiger partial charge in [-0.1, -0.05) is 0 Å². The topological polar surface area (TPSA) is 88.7 Å². The summed E-state index contributed by atoms with van der Waals surface area (Å²) in [6, 6.07) is 0. The summed E-state index contributed by atoms with van der Waals surface area (Å²) in [4.78, 5) is 16.5. The van der Waals surface area contributed by atoms with Gasteiger partial charge in [0.1, 0.15) is 0 Å². The zero-order valence-electron chi connectivity index (χ0n) is 8.76. The molecule has 0 aromatic carbocycles. The Morgan fingerprint density at radius 3 is 2.88 bits per heavy atom. The average molecular weight is 227 g/mol. The fourth-order valence-electron chi connectivity index (χ4n) is 1.45. The van der Waals surface area contributed by atoms with Crippen molar-refractivity contribution in [2.24, 2.45) is 0 Å². The molecule has 1 saturated heterocycles. The van der Waals surface area contributed by atoms with Crippen LogP contribution in [0.5, 0.6) is 0 Å². The van der Waals surface area contributed by atoms with Crippen LogP contribution >= 0.6 is 0 Å². The predicted octanol–water partition coefficient (Wildman–Crippen LogP) is -0.0766. The summed E-state index contributed by atoms with van der Waals surface area (Å²) in [5.41, 5.74) is 0. The number of rotatable bonds is 4. The number of anilines is 1. The summed E-state index contributed by atoms with van der Waals surface area (Å²) in [7, 11) is 0. The van der Waals surface area contributed by atoms with E-state index in [1.165, 1.54) is 0 Å². The molecule has 1 aromatic rings. The maximum Gasteiger partial charge on any atom is 0.303 e. The number of aryl methyl sites for hydroxylation is 1. The van der Waals surface area contributed by atoms with Crippen molar-refractivity contribution < 1.29 is 19.2 Å². The number of carboxylic acids is 1. The number of hydrogen-bond donors (Lipinski definition) is 1. The average Bonchev–Trinajstić information content (AvgIpc) is 2.76. The van der Waals surface area contributed by atoms with E-state index in [1.54, 1.807) is 0 Å². The summed E-state index contributed by atoms with van der Waals surface area (Å²) in [6.07, 6.45) is 0.275. The minimum atomic E-state index is -0.869. The molecular formula is C9H13N3O4. The van der Waals surface area contributed by atoms with Gasteiger partial charge in [-0.3, -0.25) is 4.79 Å². The second-order valence-electron chi connectivity index (χ2n) is 3.48. The number of morpholine rings is 1. The number of carbonyl (C=O) groups is 1. The van der Waals surface area contributed by atoms with E-state index in [9.17, 15) is 4.79 Å². The first-order chi connectivity index (χ1) is 7.75.